The summed E-state index contributed by atoms with van der Waals surface area (Å²) in [6.07, 6.45) is 2.85. The highest BCUT2D eigenvalue weighted by Gasteiger charge is 2.16. The normalized spacial score (nSPS) is 13.1. The van der Waals surface area contributed by atoms with Gasteiger partial charge in [-0.25, -0.2) is 4.68 Å². The van der Waals surface area contributed by atoms with Crippen molar-refractivity contribution in [1.29, 1.82) is 0 Å². The quantitative estimate of drug-likeness (QED) is 0.856. The van der Waals surface area contributed by atoms with Gasteiger partial charge in [-0.15, -0.1) is 5.10 Å². The zero-order chi connectivity index (χ0) is 12.4. The van der Waals surface area contributed by atoms with E-state index in [9.17, 15) is 0 Å². The van der Waals surface area contributed by atoms with E-state index in [1.54, 1.807) is 0 Å². The molecule has 0 aromatic carbocycles. The summed E-state index contributed by atoms with van der Waals surface area (Å²) in [5.74, 6) is 0. The van der Waals surface area contributed by atoms with Crippen LogP contribution in [0.4, 0.5) is 0 Å². The van der Waals surface area contributed by atoms with Crippen LogP contribution < -0.4 is 5.32 Å². The van der Waals surface area contributed by atoms with Gasteiger partial charge in [0.1, 0.15) is 0 Å². The zero-order valence-corrected chi connectivity index (χ0v) is 11.3. The molecule has 0 atom stereocenters. The molecule has 0 radical (unpaired) electrons. The van der Waals surface area contributed by atoms with Gasteiger partial charge in [0.25, 0.3) is 0 Å². The third-order valence-corrected chi connectivity index (χ3v) is 2.17. The van der Waals surface area contributed by atoms with Crippen LogP contribution in [0.2, 0.25) is 0 Å². The lowest BCUT2D eigenvalue weighted by Gasteiger charge is -2.22. The van der Waals surface area contributed by atoms with Crippen LogP contribution in [0.15, 0.2) is 6.20 Å². The summed E-state index contributed by atoms with van der Waals surface area (Å²) in [6, 6.07) is 0. The summed E-state index contributed by atoms with van der Waals surface area (Å²) in [4.78, 5) is 0. The second-order valence-corrected chi connectivity index (χ2v) is 6.55. The molecule has 0 saturated carbocycles. The predicted octanol–water partition coefficient (Wildman–Crippen LogP) is 2.21. The van der Waals surface area contributed by atoms with Crippen LogP contribution in [0, 0.1) is 5.41 Å². The lowest BCUT2D eigenvalue weighted by molar-refractivity contribution is 0.340. The van der Waals surface area contributed by atoms with Gasteiger partial charge in [0.15, 0.2) is 0 Å². The van der Waals surface area contributed by atoms with E-state index in [1.807, 2.05) is 10.9 Å². The van der Waals surface area contributed by atoms with E-state index in [-0.39, 0.29) is 11.0 Å². The maximum atomic E-state index is 4.11. The molecule has 1 aromatic rings. The third kappa shape index (κ3) is 4.75. The highest BCUT2D eigenvalue weighted by Crippen LogP contribution is 2.19. The van der Waals surface area contributed by atoms with Gasteiger partial charge >= 0.3 is 0 Å². The average Bonchev–Trinajstić information content (AvgIpc) is 2.44. The van der Waals surface area contributed by atoms with Crippen LogP contribution in [-0.4, -0.2) is 20.5 Å². The number of hydrogen-bond donors (Lipinski definition) is 1. The SMILES string of the molecule is CC(C)(C)Cc1cnnn1CNC(C)(C)C. The van der Waals surface area contributed by atoms with E-state index in [0.717, 1.165) is 13.1 Å². The number of hydrogen-bond acceptors (Lipinski definition) is 3. The summed E-state index contributed by atoms with van der Waals surface area (Å²) in [6.45, 7) is 13.8. The van der Waals surface area contributed by atoms with E-state index in [2.05, 4.69) is 57.2 Å². The first-order chi connectivity index (χ1) is 7.17. The van der Waals surface area contributed by atoms with E-state index in [0.29, 0.717) is 0 Å². The Labute approximate surface area is 98.4 Å². The summed E-state index contributed by atoms with van der Waals surface area (Å²) in [5, 5.41) is 11.5. The van der Waals surface area contributed by atoms with Crippen LogP contribution in [0.5, 0.6) is 0 Å². The molecule has 0 aliphatic rings. The van der Waals surface area contributed by atoms with Crippen molar-refractivity contribution in [3.05, 3.63) is 11.9 Å². The number of aromatic nitrogens is 3. The molecule has 16 heavy (non-hydrogen) atoms. The van der Waals surface area contributed by atoms with E-state index >= 15 is 0 Å². The van der Waals surface area contributed by atoms with Crippen molar-refractivity contribution in [1.82, 2.24) is 20.3 Å². The van der Waals surface area contributed by atoms with Crippen LogP contribution >= 0.6 is 0 Å². The lowest BCUT2D eigenvalue weighted by Crippen LogP contribution is -2.38. The topological polar surface area (TPSA) is 42.7 Å². The van der Waals surface area contributed by atoms with Crippen LogP contribution in [0.3, 0.4) is 0 Å². The van der Waals surface area contributed by atoms with Crippen molar-refractivity contribution in [2.75, 3.05) is 0 Å². The van der Waals surface area contributed by atoms with E-state index in [4.69, 9.17) is 0 Å². The fourth-order valence-corrected chi connectivity index (χ4v) is 1.40. The molecule has 0 saturated heterocycles. The van der Waals surface area contributed by atoms with Crippen molar-refractivity contribution >= 4 is 0 Å². The zero-order valence-electron chi connectivity index (χ0n) is 11.3. The van der Waals surface area contributed by atoms with Crippen molar-refractivity contribution < 1.29 is 0 Å². The van der Waals surface area contributed by atoms with Gasteiger partial charge in [-0.2, -0.15) is 0 Å². The van der Waals surface area contributed by atoms with Crippen molar-refractivity contribution in [2.24, 2.45) is 5.41 Å². The Kier molecular flexibility index (Phi) is 3.73. The number of nitrogens with zero attached hydrogens (tertiary/aromatic N) is 3. The van der Waals surface area contributed by atoms with Gasteiger partial charge in [0, 0.05) is 5.54 Å². The summed E-state index contributed by atoms with van der Waals surface area (Å²) in [7, 11) is 0. The Balaban J connectivity index is 2.64. The molecule has 0 amide bonds. The van der Waals surface area contributed by atoms with Crippen molar-refractivity contribution in [3.8, 4) is 0 Å². The molecule has 92 valence electrons. The Morgan fingerprint density at radius 3 is 2.31 bits per heavy atom. The fourth-order valence-electron chi connectivity index (χ4n) is 1.40. The maximum absolute atomic E-state index is 4.11. The molecule has 1 rings (SSSR count). The number of rotatable bonds is 3. The average molecular weight is 224 g/mol. The fraction of sp³-hybridized carbons (Fsp3) is 0.833. The second-order valence-electron chi connectivity index (χ2n) is 6.55. The number of nitrogens with one attached hydrogen (secondary N) is 1. The molecule has 0 bridgehead atoms. The monoisotopic (exact) mass is 224 g/mol. The molecular weight excluding hydrogens is 200 g/mol. The van der Waals surface area contributed by atoms with Gasteiger partial charge in [-0.1, -0.05) is 26.0 Å². The van der Waals surface area contributed by atoms with Crippen LogP contribution in [0.25, 0.3) is 0 Å². The standard InChI is InChI=1S/C12H24N4/c1-11(2,3)7-10-8-14-15-16(10)9-13-12(4,5)6/h8,13H,7,9H2,1-6H3. The largest absolute Gasteiger partial charge is 0.293 e. The van der Waals surface area contributed by atoms with Crippen LogP contribution in [0.1, 0.15) is 47.2 Å². The Hall–Kier alpha value is -0.900. The molecule has 0 fully saturated rings. The first-order valence-corrected chi connectivity index (χ1v) is 5.80. The highest BCUT2D eigenvalue weighted by atomic mass is 15.5. The van der Waals surface area contributed by atoms with Gasteiger partial charge in [-0.05, 0) is 32.6 Å². The molecule has 1 N–H and O–H groups in total. The van der Waals surface area contributed by atoms with Crippen molar-refractivity contribution in [2.45, 2.75) is 60.2 Å². The van der Waals surface area contributed by atoms with Gasteiger partial charge in [-0.3, -0.25) is 5.32 Å². The maximum Gasteiger partial charge on any atom is 0.0928 e. The second kappa shape index (κ2) is 4.53. The van der Waals surface area contributed by atoms with Crippen molar-refractivity contribution in [3.63, 3.8) is 0 Å². The minimum absolute atomic E-state index is 0.102. The Bertz CT molecular complexity index is 328. The van der Waals surface area contributed by atoms with Gasteiger partial charge in [0.05, 0.1) is 18.6 Å². The predicted molar refractivity (Wildman–Crippen MR) is 66.1 cm³/mol. The van der Waals surface area contributed by atoms with E-state index < -0.39 is 0 Å². The molecule has 0 aliphatic carbocycles. The molecule has 0 spiro atoms. The molecule has 1 heterocycles. The first kappa shape index (κ1) is 13.2. The Morgan fingerprint density at radius 1 is 1.19 bits per heavy atom. The molecule has 0 unspecified atom stereocenters. The van der Waals surface area contributed by atoms with E-state index in [1.165, 1.54) is 5.69 Å². The smallest absolute Gasteiger partial charge is 0.0928 e. The van der Waals surface area contributed by atoms with Crippen LogP contribution in [-0.2, 0) is 13.1 Å². The molecule has 4 heteroatoms. The third-order valence-electron chi connectivity index (χ3n) is 2.17. The molecule has 1 aromatic heterocycles. The lowest BCUT2D eigenvalue weighted by atomic mass is 9.91. The first-order valence-electron chi connectivity index (χ1n) is 5.80. The minimum atomic E-state index is 0.102. The Morgan fingerprint density at radius 2 is 1.81 bits per heavy atom. The van der Waals surface area contributed by atoms with Gasteiger partial charge < -0.3 is 0 Å². The minimum Gasteiger partial charge on any atom is -0.293 e. The molecule has 0 aliphatic heterocycles. The highest BCUT2D eigenvalue weighted by molar-refractivity contribution is 4.97. The summed E-state index contributed by atoms with van der Waals surface area (Å²) < 4.78 is 1.94. The van der Waals surface area contributed by atoms with Gasteiger partial charge in [0.2, 0.25) is 0 Å². The molecule has 4 nitrogen and oxygen atoms in total. The summed E-state index contributed by atoms with van der Waals surface area (Å²) in [5.41, 5.74) is 1.55. The summed E-state index contributed by atoms with van der Waals surface area (Å²) >= 11 is 0. The molecular formula is C12H24N4.